The highest BCUT2D eigenvalue weighted by Gasteiger charge is 2.10. The van der Waals surface area contributed by atoms with E-state index in [1.165, 1.54) is 5.56 Å². The van der Waals surface area contributed by atoms with Crippen molar-refractivity contribution in [2.24, 2.45) is 10.9 Å². The topological polar surface area (TPSA) is 74.7 Å². The van der Waals surface area contributed by atoms with E-state index in [2.05, 4.69) is 27.2 Å². The van der Waals surface area contributed by atoms with Crippen LogP contribution in [0, 0.1) is 0 Å². The monoisotopic (exact) mass is 270 g/mol. The Morgan fingerprint density at radius 2 is 1.95 bits per heavy atom. The van der Waals surface area contributed by atoms with Crippen LogP contribution in [-0.4, -0.2) is 28.0 Å². The molecule has 0 radical (unpaired) electrons. The Labute approximate surface area is 118 Å². The third-order valence-corrected chi connectivity index (χ3v) is 2.98. The van der Waals surface area contributed by atoms with Gasteiger partial charge in [0, 0.05) is 19.3 Å². The average Bonchev–Trinajstić information content (AvgIpc) is 2.48. The number of hydrogen-bond donors (Lipinski definition) is 2. The zero-order chi connectivity index (χ0) is 14.4. The molecule has 0 fully saturated rings. The first-order chi connectivity index (χ1) is 9.70. The Morgan fingerprint density at radius 3 is 2.65 bits per heavy atom. The second-order valence-electron chi connectivity index (χ2n) is 4.65. The molecule has 0 saturated heterocycles. The number of nitrogens with zero attached hydrogens (tertiary/aromatic N) is 3. The highest BCUT2D eigenvalue weighted by atomic mass is 16.4. The normalized spacial score (nSPS) is 11.8. The molecule has 0 bridgehead atoms. The van der Waals surface area contributed by atoms with Gasteiger partial charge in [-0.25, -0.2) is 0 Å². The van der Waals surface area contributed by atoms with Gasteiger partial charge in [-0.05, 0) is 24.2 Å². The predicted octanol–water partition coefficient (Wildman–Crippen LogP) is 1.81. The molecule has 3 N–H and O–H groups in total. The molecule has 0 aliphatic heterocycles. The molecule has 0 unspecified atom stereocenters. The molecule has 0 aliphatic carbocycles. The molecule has 5 heteroatoms. The maximum absolute atomic E-state index is 8.79. The van der Waals surface area contributed by atoms with Crippen molar-refractivity contribution in [3.63, 3.8) is 0 Å². The van der Waals surface area contributed by atoms with Crippen molar-refractivity contribution in [1.29, 1.82) is 0 Å². The van der Waals surface area contributed by atoms with Gasteiger partial charge in [0.1, 0.15) is 5.69 Å². The highest BCUT2D eigenvalue weighted by Crippen LogP contribution is 2.11. The van der Waals surface area contributed by atoms with Gasteiger partial charge in [0.15, 0.2) is 5.84 Å². The van der Waals surface area contributed by atoms with Gasteiger partial charge in [-0.2, -0.15) is 0 Å². The number of amidine groups is 1. The molecular weight excluding hydrogens is 252 g/mol. The van der Waals surface area contributed by atoms with E-state index in [9.17, 15) is 0 Å². The van der Waals surface area contributed by atoms with Gasteiger partial charge in [0.25, 0.3) is 0 Å². The van der Waals surface area contributed by atoms with E-state index in [0.717, 1.165) is 12.1 Å². The fourth-order valence-electron chi connectivity index (χ4n) is 2.09. The zero-order valence-electron chi connectivity index (χ0n) is 11.4. The van der Waals surface area contributed by atoms with E-state index < -0.39 is 0 Å². The van der Waals surface area contributed by atoms with Crippen LogP contribution in [0.1, 0.15) is 16.8 Å². The number of aromatic nitrogens is 1. The molecule has 104 valence electrons. The second kappa shape index (κ2) is 6.68. The lowest BCUT2D eigenvalue weighted by Crippen LogP contribution is -2.22. The van der Waals surface area contributed by atoms with Crippen LogP contribution >= 0.6 is 0 Å². The average molecular weight is 270 g/mol. The molecule has 2 aromatic rings. The SMILES string of the molecule is CN(Cc1ccccc1)Cc1cccnc1C(N)=NO. The van der Waals surface area contributed by atoms with Crippen molar-refractivity contribution in [3.8, 4) is 0 Å². The van der Waals surface area contributed by atoms with E-state index in [-0.39, 0.29) is 5.84 Å². The lowest BCUT2D eigenvalue weighted by Gasteiger charge is -2.18. The molecule has 1 aromatic carbocycles. The predicted molar refractivity (Wildman–Crippen MR) is 78.4 cm³/mol. The lowest BCUT2D eigenvalue weighted by atomic mass is 10.1. The fourth-order valence-corrected chi connectivity index (χ4v) is 2.09. The third kappa shape index (κ3) is 3.55. The minimum atomic E-state index is 0.0358. The summed E-state index contributed by atoms with van der Waals surface area (Å²) in [4.78, 5) is 6.32. The lowest BCUT2D eigenvalue weighted by molar-refractivity contribution is 0.314. The van der Waals surface area contributed by atoms with Gasteiger partial charge < -0.3 is 10.9 Å². The minimum Gasteiger partial charge on any atom is -0.409 e. The molecular formula is C15H18N4O. The van der Waals surface area contributed by atoms with Crippen LogP contribution in [-0.2, 0) is 13.1 Å². The Hall–Kier alpha value is -2.40. The fraction of sp³-hybridized carbons (Fsp3) is 0.200. The molecule has 0 aliphatic rings. The molecule has 0 atom stereocenters. The van der Waals surface area contributed by atoms with Crippen LogP contribution in [0.3, 0.4) is 0 Å². The maximum atomic E-state index is 8.79. The van der Waals surface area contributed by atoms with Crippen molar-refractivity contribution < 1.29 is 5.21 Å². The van der Waals surface area contributed by atoms with Crippen LogP contribution in [0.5, 0.6) is 0 Å². The summed E-state index contributed by atoms with van der Waals surface area (Å²) in [6.45, 7) is 1.50. The molecule has 5 nitrogen and oxygen atoms in total. The van der Waals surface area contributed by atoms with Crippen LogP contribution in [0.4, 0.5) is 0 Å². The summed E-state index contributed by atoms with van der Waals surface area (Å²) < 4.78 is 0. The first-order valence-corrected chi connectivity index (χ1v) is 6.35. The van der Waals surface area contributed by atoms with Crippen LogP contribution in [0.2, 0.25) is 0 Å². The Morgan fingerprint density at radius 1 is 1.20 bits per heavy atom. The van der Waals surface area contributed by atoms with Crippen molar-refractivity contribution in [3.05, 3.63) is 65.5 Å². The summed E-state index contributed by atoms with van der Waals surface area (Å²) in [5.41, 5.74) is 8.34. The summed E-state index contributed by atoms with van der Waals surface area (Å²) in [5.74, 6) is 0.0358. The van der Waals surface area contributed by atoms with Gasteiger partial charge in [-0.1, -0.05) is 41.6 Å². The first-order valence-electron chi connectivity index (χ1n) is 6.35. The van der Waals surface area contributed by atoms with Crippen LogP contribution in [0.15, 0.2) is 53.8 Å². The standard InChI is InChI=1S/C15H18N4O/c1-19(10-12-6-3-2-4-7-12)11-13-8-5-9-17-14(13)15(16)18-20/h2-9,20H,10-11H2,1H3,(H2,16,18). The second-order valence-corrected chi connectivity index (χ2v) is 4.65. The number of pyridine rings is 1. The highest BCUT2D eigenvalue weighted by molar-refractivity contribution is 5.96. The van der Waals surface area contributed by atoms with E-state index >= 15 is 0 Å². The van der Waals surface area contributed by atoms with Crippen molar-refractivity contribution in [2.45, 2.75) is 13.1 Å². The van der Waals surface area contributed by atoms with E-state index in [4.69, 9.17) is 10.9 Å². The summed E-state index contributed by atoms with van der Waals surface area (Å²) in [6.07, 6.45) is 1.63. The Kier molecular flexibility index (Phi) is 4.68. The molecule has 0 saturated carbocycles. The minimum absolute atomic E-state index is 0.0358. The molecule has 2 rings (SSSR count). The number of nitrogens with two attached hydrogens (primary N) is 1. The Bertz CT molecular complexity index is 583. The van der Waals surface area contributed by atoms with Crippen molar-refractivity contribution >= 4 is 5.84 Å². The first kappa shape index (κ1) is 14.0. The van der Waals surface area contributed by atoms with E-state index in [1.807, 2.05) is 37.4 Å². The van der Waals surface area contributed by atoms with Crippen molar-refractivity contribution in [1.82, 2.24) is 9.88 Å². The van der Waals surface area contributed by atoms with Gasteiger partial charge in [-0.3, -0.25) is 9.88 Å². The zero-order valence-corrected chi connectivity index (χ0v) is 11.4. The van der Waals surface area contributed by atoms with Crippen LogP contribution < -0.4 is 5.73 Å². The quantitative estimate of drug-likeness (QED) is 0.376. The summed E-state index contributed by atoms with van der Waals surface area (Å²) >= 11 is 0. The van der Waals surface area contributed by atoms with E-state index in [1.54, 1.807) is 6.20 Å². The summed E-state index contributed by atoms with van der Waals surface area (Å²) in [7, 11) is 2.02. The molecule has 0 spiro atoms. The van der Waals surface area contributed by atoms with Crippen molar-refractivity contribution in [2.75, 3.05) is 7.05 Å². The van der Waals surface area contributed by atoms with E-state index in [0.29, 0.717) is 12.2 Å². The summed E-state index contributed by atoms with van der Waals surface area (Å²) in [6, 6.07) is 14.0. The summed E-state index contributed by atoms with van der Waals surface area (Å²) in [5, 5.41) is 11.8. The number of oxime groups is 1. The molecule has 1 aromatic heterocycles. The van der Waals surface area contributed by atoms with Gasteiger partial charge in [0.05, 0.1) is 0 Å². The molecule has 1 heterocycles. The number of rotatable bonds is 5. The largest absolute Gasteiger partial charge is 0.409 e. The van der Waals surface area contributed by atoms with Gasteiger partial charge >= 0.3 is 0 Å². The van der Waals surface area contributed by atoms with Gasteiger partial charge in [-0.15, -0.1) is 0 Å². The molecule has 20 heavy (non-hydrogen) atoms. The molecule has 0 amide bonds. The van der Waals surface area contributed by atoms with Crippen LogP contribution in [0.25, 0.3) is 0 Å². The number of hydrogen-bond acceptors (Lipinski definition) is 4. The number of benzene rings is 1. The smallest absolute Gasteiger partial charge is 0.189 e. The Balaban J connectivity index is 2.10. The third-order valence-electron chi connectivity index (χ3n) is 2.98. The maximum Gasteiger partial charge on any atom is 0.189 e. The van der Waals surface area contributed by atoms with Gasteiger partial charge in [0.2, 0.25) is 0 Å².